The van der Waals surface area contributed by atoms with Gasteiger partial charge in [0.1, 0.15) is 5.82 Å². The molecule has 0 unspecified atom stereocenters. The highest BCUT2D eigenvalue weighted by atomic mass is 19.1. The molecule has 138 valence electrons. The van der Waals surface area contributed by atoms with Gasteiger partial charge in [0.15, 0.2) is 0 Å². The molecule has 0 fully saturated rings. The van der Waals surface area contributed by atoms with Crippen molar-refractivity contribution in [2.24, 2.45) is 0 Å². The molecule has 2 aromatic rings. The molecule has 0 saturated heterocycles. The SMILES string of the molecule is Cc1cc(C)n(CCNC(=O)CCNC(=O)c2ccccc2F)c(=O)n1. The number of amides is 2. The highest BCUT2D eigenvalue weighted by molar-refractivity contribution is 5.94. The molecule has 2 N–H and O–H groups in total. The maximum absolute atomic E-state index is 13.5. The second kappa shape index (κ2) is 8.89. The summed E-state index contributed by atoms with van der Waals surface area (Å²) in [7, 11) is 0. The van der Waals surface area contributed by atoms with Crippen molar-refractivity contribution in [2.75, 3.05) is 13.1 Å². The van der Waals surface area contributed by atoms with Crippen molar-refractivity contribution in [2.45, 2.75) is 26.8 Å². The number of hydrogen-bond donors (Lipinski definition) is 2. The summed E-state index contributed by atoms with van der Waals surface area (Å²) in [5.74, 6) is -1.45. The van der Waals surface area contributed by atoms with E-state index in [-0.39, 0.29) is 36.7 Å². The Morgan fingerprint density at radius 1 is 1.15 bits per heavy atom. The number of carbonyl (C=O) groups is 2. The molecular formula is C18H21FN4O3. The van der Waals surface area contributed by atoms with E-state index in [0.717, 1.165) is 5.69 Å². The molecule has 0 aliphatic rings. The van der Waals surface area contributed by atoms with Gasteiger partial charge in [-0.1, -0.05) is 12.1 Å². The van der Waals surface area contributed by atoms with Crippen LogP contribution in [0, 0.1) is 19.7 Å². The predicted molar refractivity (Wildman–Crippen MR) is 94.3 cm³/mol. The van der Waals surface area contributed by atoms with Crippen LogP contribution in [0.4, 0.5) is 4.39 Å². The lowest BCUT2D eigenvalue weighted by atomic mass is 10.2. The minimum absolute atomic E-state index is 0.0558. The number of halogens is 1. The molecular weight excluding hydrogens is 339 g/mol. The summed E-state index contributed by atoms with van der Waals surface area (Å²) in [4.78, 5) is 39.3. The van der Waals surface area contributed by atoms with Crippen molar-refractivity contribution in [1.82, 2.24) is 20.2 Å². The number of aryl methyl sites for hydroxylation is 2. The van der Waals surface area contributed by atoms with Crippen LogP contribution in [0.1, 0.15) is 28.2 Å². The van der Waals surface area contributed by atoms with Crippen molar-refractivity contribution in [3.63, 3.8) is 0 Å². The van der Waals surface area contributed by atoms with Crippen LogP contribution in [-0.4, -0.2) is 34.5 Å². The van der Waals surface area contributed by atoms with E-state index in [9.17, 15) is 18.8 Å². The standard InChI is InChI=1S/C18H21FN4O3/c1-12-11-13(2)23(18(26)22-12)10-9-20-16(24)7-8-21-17(25)14-5-3-4-6-15(14)19/h3-6,11H,7-10H2,1-2H3,(H,20,24)(H,21,25). The Bertz CT molecular complexity index is 864. The summed E-state index contributed by atoms with van der Waals surface area (Å²) in [6.07, 6.45) is 0.0558. The van der Waals surface area contributed by atoms with Gasteiger partial charge < -0.3 is 10.6 Å². The first-order valence-corrected chi connectivity index (χ1v) is 8.23. The van der Waals surface area contributed by atoms with Gasteiger partial charge in [-0.15, -0.1) is 0 Å². The zero-order chi connectivity index (χ0) is 19.1. The van der Waals surface area contributed by atoms with Crippen LogP contribution in [0.15, 0.2) is 35.1 Å². The number of nitrogens with one attached hydrogen (secondary N) is 2. The molecule has 7 nitrogen and oxygen atoms in total. The van der Waals surface area contributed by atoms with Gasteiger partial charge in [-0.05, 0) is 32.0 Å². The number of carbonyl (C=O) groups excluding carboxylic acids is 2. The Kier molecular flexibility index (Phi) is 6.60. The van der Waals surface area contributed by atoms with Crippen molar-refractivity contribution in [3.8, 4) is 0 Å². The largest absolute Gasteiger partial charge is 0.354 e. The van der Waals surface area contributed by atoms with Crippen LogP contribution >= 0.6 is 0 Å². The average molecular weight is 360 g/mol. The molecule has 0 saturated carbocycles. The van der Waals surface area contributed by atoms with E-state index in [2.05, 4.69) is 15.6 Å². The van der Waals surface area contributed by atoms with E-state index in [1.807, 2.05) is 0 Å². The third-order valence-corrected chi connectivity index (χ3v) is 3.76. The number of benzene rings is 1. The topological polar surface area (TPSA) is 93.1 Å². The summed E-state index contributed by atoms with van der Waals surface area (Å²) < 4.78 is 15.0. The van der Waals surface area contributed by atoms with Crippen LogP contribution in [0.5, 0.6) is 0 Å². The monoisotopic (exact) mass is 360 g/mol. The molecule has 26 heavy (non-hydrogen) atoms. The molecule has 1 heterocycles. The molecule has 0 bridgehead atoms. The Balaban J connectivity index is 1.74. The minimum atomic E-state index is -0.609. The van der Waals surface area contributed by atoms with E-state index in [1.54, 1.807) is 26.0 Å². The second-order valence-corrected chi connectivity index (χ2v) is 5.81. The normalized spacial score (nSPS) is 10.4. The number of hydrogen-bond acceptors (Lipinski definition) is 4. The van der Waals surface area contributed by atoms with Gasteiger partial charge in [0.25, 0.3) is 5.91 Å². The number of rotatable bonds is 7. The Hall–Kier alpha value is -3.03. The molecule has 1 aromatic heterocycles. The Morgan fingerprint density at radius 2 is 1.88 bits per heavy atom. The van der Waals surface area contributed by atoms with Gasteiger partial charge in [0.05, 0.1) is 5.56 Å². The van der Waals surface area contributed by atoms with Crippen LogP contribution in [-0.2, 0) is 11.3 Å². The molecule has 0 radical (unpaired) electrons. The highest BCUT2D eigenvalue weighted by Gasteiger charge is 2.11. The number of nitrogens with zero attached hydrogens (tertiary/aromatic N) is 2. The quantitative estimate of drug-likeness (QED) is 0.768. The van der Waals surface area contributed by atoms with Gasteiger partial charge in [-0.2, -0.15) is 4.98 Å². The maximum atomic E-state index is 13.5. The molecule has 2 rings (SSSR count). The van der Waals surface area contributed by atoms with E-state index in [4.69, 9.17) is 0 Å². The lowest BCUT2D eigenvalue weighted by molar-refractivity contribution is -0.120. The first kappa shape index (κ1) is 19.3. The van der Waals surface area contributed by atoms with E-state index < -0.39 is 11.7 Å². The van der Waals surface area contributed by atoms with Crippen LogP contribution in [0.3, 0.4) is 0 Å². The average Bonchev–Trinajstić information content (AvgIpc) is 2.57. The fraction of sp³-hybridized carbons (Fsp3) is 0.333. The molecule has 0 spiro atoms. The molecule has 1 aromatic carbocycles. The van der Waals surface area contributed by atoms with E-state index in [1.165, 1.54) is 22.8 Å². The zero-order valence-electron chi connectivity index (χ0n) is 14.7. The molecule has 0 aliphatic carbocycles. The third-order valence-electron chi connectivity index (χ3n) is 3.76. The predicted octanol–water partition coefficient (Wildman–Crippen LogP) is 0.936. The zero-order valence-corrected chi connectivity index (χ0v) is 14.7. The molecule has 0 aliphatic heterocycles. The fourth-order valence-corrected chi connectivity index (χ4v) is 2.47. The van der Waals surface area contributed by atoms with Crippen LogP contribution in [0.2, 0.25) is 0 Å². The molecule has 2 amide bonds. The van der Waals surface area contributed by atoms with Gasteiger partial charge in [0, 0.05) is 37.4 Å². The lowest BCUT2D eigenvalue weighted by Crippen LogP contribution is -2.35. The third kappa shape index (κ3) is 5.23. The van der Waals surface area contributed by atoms with Gasteiger partial charge in [-0.25, -0.2) is 9.18 Å². The van der Waals surface area contributed by atoms with Crippen molar-refractivity contribution >= 4 is 11.8 Å². The van der Waals surface area contributed by atoms with Crippen molar-refractivity contribution < 1.29 is 14.0 Å². The summed E-state index contributed by atoms with van der Waals surface area (Å²) >= 11 is 0. The Labute approximate surface area is 150 Å². The minimum Gasteiger partial charge on any atom is -0.354 e. The molecule has 8 heteroatoms. The fourth-order valence-electron chi connectivity index (χ4n) is 2.47. The van der Waals surface area contributed by atoms with Gasteiger partial charge in [-0.3, -0.25) is 14.2 Å². The first-order valence-electron chi connectivity index (χ1n) is 8.23. The number of aromatic nitrogens is 2. The van der Waals surface area contributed by atoms with Crippen LogP contribution < -0.4 is 16.3 Å². The summed E-state index contributed by atoms with van der Waals surface area (Å²) in [5.41, 5.74) is 1.01. The van der Waals surface area contributed by atoms with E-state index in [0.29, 0.717) is 12.2 Å². The summed E-state index contributed by atoms with van der Waals surface area (Å²) in [6.45, 7) is 4.22. The summed E-state index contributed by atoms with van der Waals surface area (Å²) in [5, 5.41) is 5.17. The smallest absolute Gasteiger partial charge is 0.348 e. The highest BCUT2D eigenvalue weighted by Crippen LogP contribution is 2.05. The first-order chi connectivity index (χ1) is 12.4. The lowest BCUT2D eigenvalue weighted by Gasteiger charge is -2.11. The summed E-state index contributed by atoms with van der Waals surface area (Å²) in [6, 6.07) is 7.43. The van der Waals surface area contributed by atoms with Gasteiger partial charge in [0.2, 0.25) is 5.91 Å². The second-order valence-electron chi connectivity index (χ2n) is 5.81. The van der Waals surface area contributed by atoms with Crippen LogP contribution in [0.25, 0.3) is 0 Å². The van der Waals surface area contributed by atoms with Gasteiger partial charge >= 0.3 is 5.69 Å². The van der Waals surface area contributed by atoms with E-state index >= 15 is 0 Å². The molecule has 0 atom stereocenters. The maximum Gasteiger partial charge on any atom is 0.348 e. The van der Waals surface area contributed by atoms with Crippen molar-refractivity contribution in [1.29, 1.82) is 0 Å². The Morgan fingerprint density at radius 3 is 2.58 bits per heavy atom. The van der Waals surface area contributed by atoms with Crippen molar-refractivity contribution in [3.05, 3.63) is 63.6 Å².